The van der Waals surface area contributed by atoms with E-state index in [1.807, 2.05) is 6.79 Å². The first-order valence-electron chi connectivity index (χ1n) is 4.08. The van der Waals surface area contributed by atoms with Gasteiger partial charge in [-0.1, -0.05) is 6.07 Å². The molecule has 0 atom stereocenters. The van der Waals surface area contributed by atoms with Crippen LogP contribution in [0.1, 0.15) is 11.1 Å². The predicted octanol–water partition coefficient (Wildman–Crippen LogP) is 2.02. The number of anilines is 1. The van der Waals surface area contributed by atoms with Crippen molar-refractivity contribution in [1.82, 2.24) is 0 Å². The van der Waals surface area contributed by atoms with Crippen LogP contribution >= 0.6 is 0 Å². The fourth-order valence-electron chi connectivity index (χ4n) is 0.945. The summed E-state index contributed by atoms with van der Waals surface area (Å²) in [6.45, 7) is 3.41. The summed E-state index contributed by atoms with van der Waals surface area (Å²) in [4.78, 5) is 8.00. The summed E-state index contributed by atoms with van der Waals surface area (Å²) >= 11 is 0. The second-order valence-electron chi connectivity index (χ2n) is 2.57. The van der Waals surface area contributed by atoms with Gasteiger partial charge in [0.1, 0.15) is 6.79 Å². The summed E-state index contributed by atoms with van der Waals surface area (Å²) < 4.78 is 36.5. The van der Waals surface area contributed by atoms with E-state index in [-0.39, 0.29) is 11.3 Å². The Kier molecular flexibility index (Phi) is 8.11. The van der Waals surface area contributed by atoms with E-state index in [1.165, 1.54) is 19.1 Å². The van der Waals surface area contributed by atoms with Gasteiger partial charge in [0.2, 0.25) is 0 Å². The lowest BCUT2D eigenvalue weighted by Gasteiger charge is -2.09. The molecule has 0 unspecified atom stereocenters. The Labute approximate surface area is 91.7 Å². The Morgan fingerprint density at radius 2 is 1.69 bits per heavy atom. The van der Waals surface area contributed by atoms with Gasteiger partial charge >= 0.3 is 6.18 Å². The maximum Gasteiger partial charge on any atom is 0.416 e. The average molecular weight is 237 g/mol. The minimum Gasteiger partial charge on any atom is -0.400 e. The molecule has 6 heteroatoms. The summed E-state index contributed by atoms with van der Waals surface area (Å²) in [7, 11) is 1.00. The number of carbonyl (C=O) groups excluding carboxylic acids is 1. The second-order valence-corrected chi connectivity index (χ2v) is 2.57. The van der Waals surface area contributed by atoms with E-state index < -0.39 is 11.7 Å². The number of aliphatic hydroxyl groups excluding tert-OH is 1. The van der Waals surface area contributed by atoms with E-state index in [0.29, 0.717) is 0 Å². The first-order chi connectivity index (χ1) is 7.41. The van der Waals surface area contributed by atoms with E-state index in [1.54, 1.807) is 0 Å². The van der Waals surface area contributed by atoms with Gasteiger partial charge in [-0.2, -0.15) is 13.2 Å². The van der Waals surface area contributed by atoms with Crippen LogP contribution in [0.2, 0.25) is 0 Å². The Morgan fingerprint density at radius 1 is 1.25 bits per heavy atom. The second kappa shape index (κ2) is 7.70. The van der Waals surface area contributed by atoms with Crippen molar-refractivity contribution < 1.29 is 23.1 Å². The molecule has 0 saturated carbocycles. The number of alkyl halides is 3. The minimum atomic E-state index is -4.31. The highest BCUT2D eigenvalue weighted by Gasteiger charge is 2.32. The highest BCUT2D eigenvalue weighted by molar-refractivity contribution is 5.45. The Balaban J connectivity index is 0. The Hall–Kier alpha value is -1.56. The van der Waals surface area contributed by atoms with Gasteiger partial charge in [0, 0.05) is 12.8 Å². The van der Waals surface area contributed by atoms with Gasteiger partial charge < -0.3 is 15.6 Å². The van der Waals surface area contributed by atoms with E-state index in [4.69, 9.17) is 15.6 Å². The zero-order valence-corrected chi connectivity index (χ0v) is 9.01. The number of hydrogen-bond acceptors (Lipinski definition) is 3. The number of nitrogen functional groups attached to an aromatic ring is 1. The molecule has 0 fully saturated rings. The number of aliphatic hydroxyl groups is 1. The van der Waals surface area contributed by atoms with Crippen molar-refractivity contribution in [1.29, 1.82) is 0 Å². The maximum atomic E-state index is 12.2. The molecule has 1 aromatic carbocycles. The fourth-order valence-corrected chi connectivity index (χ4v) is 0.945. The molecule has 3 nitrogen and oxygen atoms in total. The fraction of sp³-hybridized carbons (Fsp3) is 0.300. The molecule has 0 aliphatic carbocycles. The predicted molar refractivity (Wildman–Crippen MR) is 55.9 cm³/mol. The molecule has 1 aromatic rings. The van der Waals surface area contributed by atoms with Gasteiger partial charge in [-0.15, -0.1) is 0 Å². The third kappa shape index (κ3) is 5.35. The molecule has 92 valence electrons. The zero-order chi connectivity index (χ0) is 13.4. The first kappa shape index (κ1) is 16.9. The first-order valence-corrected chi connectivity index (χ1v) is 4.08. The molecule has 0 heterocycles. The van der Waals surface area contributed by atoms with Gasteiger partial charge in [0.15, 0.2) is 0 Å². The summed E-state index contributed by atoms with van der Waals surface area (Å²) in [6, 6.07) is 3.75. The van der Waals surface area contributed by atoms with E-state index >= 15 is 0 Å². The van der Waals surface area contributed by atoms with Crippen molar-refractivity contribution in [3.63, 3.8) is 0 Å². The Morgan fingerprint density at radius 3 is 2.00 bits per heavy atom. The lowest BCUT2D eigenvalue weighted by atomic mass is 10.1. The Bertz CT molecular complexity index is 313. The highest BCUT2D eigenvalue weighted by Crippen LogP contribution is 2.32. The van der Waals surface area contributed by atoms with E-state index in [2.05, 4.69) is 0 Å². The van der Waals surface area contributed by atoms with Crippen molar-refractivity contribution >= 4 is 12.5 Å². The van der Waals surface area contributed by atoms with Crippen molar-refractivity contribution in [2.45, 2.75) is 13.1 Å². The van der Waals surface area contributed by atoms with Crippen LogP contribution in [-0.4, -0.2) is 19.0 Å². The number of hydrogen-bond donors (Lipinski definition) is 2. The van der Waals surface area contributed by atoms with Crippen LogP contribution in [-0.2, 0) is 11.0 Å². The van der Waals surface area contributed by atoms with Crippen molar-refractivity contribution in [2.75, 3.05) is 12.8 Å². The molecule has 0 saturated heterocycles. The number of benzene rings is 1. The summed E-state index contributed by atoms with van der Waals surface area (Å²) in [6.07, 6.45) is -4.31. The smallest absolute Gasteiger partial charge is 0.400 e. The van der Waals surface area contributed by atoms with Crippen molar-refractivity contribution in [2.24, 2.45) is 0 Å². The van der Waals surface area contributed by atoms with Gasteiger partial charge in [-0.05, 0) is 24.6 Å². The lowest BCUT2D eigenvalue weighted by molar-refractivity contribution is -0.138. The van der Waals surface area contributed by atoms with Crippen molar-refractivity contribution in [3.05, 3.63) is 29.3 Å². The van der Waals surface area contributed by atoms with Crippen molar-refractivity contribution in [3.8, 4) is 0 Å². The summed E-state index contributed by atoms with van der Waals surface area (Å²) in [5, 5.41) is 7.00. The third-order valence-corrected chi connectivity index (χ3v) is 1.57. The topological polar surface area (TPSA) is 63.3 Å². The molecule has 0 aliphatic heterocycles. The number of nitrogens with two attached hydrogens (primary N) is 1. The average Bonchev–Trinajstić information content (AvgIpc) is 2.26. The van der Waals surface area contributed by atoms with Gasteiger partial charge in [-0.25, -0.2) is 0 Å². The number of aryl methyl sites for hydroxylation is 1. The number of carbonyl (C=O) groups is 1. The van der Waals surface area contributed by atoms with Crippen LogP contribution in [0, 0.1) is 6.92 Å². The van der Waals surface area contributed by atoms with Crippen LogP contribution in [0.25, 0.3) is 0 Å². The van der Waals surface area contributed by atoms with Crippen LogP contribution in [0.15, 0.2) is 18.2 Å². The summed E-state index contributed by atoms with van der Waals surface area (Å²) in [5.41, 5.74) is 4.88. The SMILES string of the molecule is C=O.CO.Cc1ccc(N)cc1C(F)(F)F. The largest absolute Gasteiger partial charge is 0.416 e. The van der Waals surface area contributed by atoms with Crippen LogP contribution in [0.3, 0.4) is 0 Å². The molecule has 0 radical (unpaired) electrons. The van der Waals surface area contributed by atoms with E-state index in [9.17, 15) is 13.2 Å². The van der Waals surface area contributed by atoms with Gasteiger partial charge in [0.25, 0.3) is 0 Å². The third-order valence-electron chi connectivity index (χ3n) is 1.57. The zero-order valence-electron chi connectivity index (χ0n) is 9.01. The molecular weight excluding hydrogens is 223 g/mol. The molecule has 0 bridgehead atoms. The molecule has 0 spiro atoms. The monoisotopic (exact) mass is 237 g/mol. The summed E-state index contributed by atoms with van der Waals surface area (Å²) in [5.74, 6) is 0. The standard InChI is InChI=1S/C8H8F3N.CH4O.CH2O/c1-5-2-3-6(12)4-7(5)8(9,10)11;2*1-2/h2-4H,12H2,1H3;2H,1H3;1H2. The minimum absolute atomic E-state index is 0.132. The van der Waals surface area contributed by atoms with Gasteiger partial charge in [0.05, 0.1) is 5.56 Å². The lowest BCUT2D eigenvalue weighted by Crippen LogP contribution is -2.07. The molecular formula is C10H14F3NO2. The normalized spacial score (nSPS) is 9.38. The molecule has 0 amide bonds. The molecule has 16 heavy (non-hydrogen) atoms. The molecule has 1 rings (SSSR count). The van der Waals surface area contributed by atoms with Crippen LogP contribution in [0.5, 0.6) is 0 Å². The molecule has 0 aliphatic rings. The van der Waals surface area contributed by atoms with Crippen LogP contribution in [0.4, 0.5) is 18.9 Å². The van der Waals surface area contributed by atoms with Gasteiger partial charge in [-0.3, -0.25) is 0 Å². The maximum absolute atomic E-state index is 12.2. The quantitative estimate of drug-likeness (QED) is 0.678. The number of halogens is 3. The van der Waals surface area contributed by atoms with Crippen LogP contribution < -0.4 is 5.73 Å². The highest BCUT2D eigenvalue weighted by atomic mass is 19.4. The molecule has 3 N–H and O–H groups in total. The van der Waals surface area contributed by atoms with E-state index in [0.717, 1.165) is 13.2 Å². The molecule has 0 aromatic heterocycles. The number of rotatable bonds is 0.